The zero-order valence-corrected chi connectivity index (χ0v) is 10.4. The fraction of sp³-hybridized carbons (Fsp3) is 0.333. The topological polar surface area (TPSA) is 35.2 Å². The van der Waals surface area contributed by atoms with E-state index in [4.69, 9.17) is 10.5 Å². The van der Waals surface area contributed by atoms with Crippen molar-refractivity contribution in [2.75, 3.05) is 6.61 Å². The van der Waals surface area contributed by atoms with Gasteiger partial charge in [0.2, 0.25) is 0 Å². The predicted molar refractivity (Wildman–Crippen MR) is 72.0 cm³/mol. The summed E-state index contributed by atoms with van der Waals surface area (Å²) in [5.41, 5.74) is 7.32. The van der Waals surface area contributed by atoms with E-state index in [2.05, 4.69) is 30.3 Å². The Morgan fingerprint density at radius 1 is 1.12 bits per heavy atom. The molecule has 0 aliphatic heterocycles. The molecule has 90 valence electrons. The van der Waals surface area contributed by atoms with Gasteiger partial charge in [-0.1, -0.05) is 36.4 Å². The molecule has 0 saturated heterocycles. The van der Waals surface area contributed by atoms with Crippen LogP contribution >= 0.6 is 0 Å². The fourth-order valence-corrected chi connectivity index (χ4v) is 2.05. The second-order valence-corrected chi connectivity index (χ2v) is 4.29. The largest absolute Gasteiger partial charge is 0.377 e. The minimum Gasteiger partial charge on any atom is -0.377 e. The standard InChI is InChI=1S/C15H19NO/c1-3-17-11(2)15(16)14-9-8-12-6-4-5-7-13(12)10-14/h4-11,15H,3,16H2,1-2H3. The van der Waals surface area contributed by atoms with E-state index >= 15 is 0 Å². The number of benzene rings is 2. The maximum Gasteiger partial charge on any atom is 0.0739 e. The summed E-state index contributed by atoms with van der Waals surface area (Å²) >= 11 is 0. The summed E-state index contributed by atoms with van der Waals surface area (Å²) < 4.78 is 5.55. The minimum atomic E-state index is -0.0699. The van der Waals surface area contributed by atoms with Gasteiger partial charge in [0.1, 0.15) is 0 Å². The van der Waals surface area contributed by atoms with Crippen molar-refractivity contribution in [3.63, 3.8) is 0 Å². The highest BCUT2D eigenvalue weighted by Crippen LogP contribution is 2.22. The van der Waals surface area contributed by atoms with Crippen LogP contribution < -0.4 is 5.73 Å². The zero-order chi connectivity index (χ0) is 12.3. The Morgan fingerprint density at radius 3 is 2.53 bits per heavy atom. The van der Waals surface area contributed by atoms with E-state index in [0.29, 0.717) is 6.61 Å². The van der Waals surface area contributed by atoms with Gasteiger partial charge in [-0.05, 0) is 36.2 Å². The maximum absolute atomic E-state index is 6.19. The van der Waals surface area contributed by atoms with Crippen LogP contribution in [0.25, 0.3) is 10.8 Å². The van der Waals surface area contributed by atoms with Crippen molar-refractivity contribution in [1.82, 2.24) is 0 Å². The second-order valence-electron chi connectivity index (χ2n) is 4.29. The Morgan fingerprint density at radius 2 is 1.82 bits per heavy atom. The second kappa shape index (κ2) is 5.30. The maximum atomic E-state index is 6.19. The van der Waals surface area contributed by atoms with Gasteiger partial charge in [0.05, 0.1) is 12.1 Å². The molecule has 0 amide bonds. The normalized spacial score (nSPS) is 14.8. The van der Waals surface area contributed by atoms with Gasteiger partial charge in [-0.2, -0.15) is 0 Å². The molecule has 2 atom stereocenters. The third kappa shape index (κ3) is 2.65. The van der Waals surface area contributed by atoms with Gasteiger partial charge in [-0.3, -0.25) is 0 Å². The van der Waals surface area contributed by atoms with Crippen LogP contribution in [0.4, 0.5) is 0 Å². The smallest absolute Gasteiger partial charge is 0.0739 e. The lowest BCUT2D eigenvalue weighted by Crippen LogP contribution is -2.26. The monoisotopic (exact) mass is 229 g/mol. The lowest BCUT2D eigenvalue weighted by atomic mass is 9.99. The van der Waals surface area contributed by atoms with Crippen molar-refractivity contribution < 1.29 is 4.74 Å². The highest BCUT2D eigenvalue weighted by atomic mass is 16.5. The lowest BCUT2D eigenvalue weighted by Gasteiger charge is -2.20. The lowest BCUT2D eigenvalue weighted by molar-refractivity contribution is 0.0575. The van der Waals surface area contributed by atoms with E-state index in [1.807, 2.05) is 26.0 Å². The number of ether oxygens (including phenoxy) is 1. The molecular formula is C15H19NO. The molecular weight excluding hydrogens is 210 g/mol. The summed E-state index contributed by atoms with van der Waals surface area (Å²) in [6.45, 7) is 4.70. The van der Waals surface area contributed by atoms with Crippen molar-refractivity contribution in [3.8, 4) is 0 Å². The fourth-order valence-electron chi connectivity index (χ4n) is 2.05. The molecule has 0 saturated carbocycles. The molecule has 0 radical (unpaired) electrons. The van der Waals surface area contributed by atoms with Gasteiger partial charge in [-0.25, -0.2) is 0 Å². The van der Waals surface area contributed by atoms with Crippen molar-refractivity contribution in [2.45, 2.75) is 26.0 Å². The van der Waals surface area contributed by atoms with Crippen LogP contribution in [0.5, 0.6) is 0 Å². The van der Waals surface area contributed by atoms with Gasteiger partial charge in [0.25, 0.3) is 0 Å². The molecule has 0 spiro atoms. The van der Waals surface area contributed by atoms with Crippen LogP contribution in [0.2, 0.25) is 0 Å². The molecule has 0 fully saturated rings. The first-order valence-corrected chi connectivity index (χ1v) is 6.08. The average molecular weight is 229 g/mol. The molecule has 2 rings (SSSR count). The molecule has 2 N–H and O–H groups in total. The molecule has 2 aromatic rings. The summed E-state index contributed by atoms with van der Waals surface area (Å²) in [6.07, 6.45) is 0.0427. The summed E-state index contributed by atoms with van der Waals surface area (Å²) in [6, 6.07) is 14.6. The number of hydrogen-bond donors (Lipinski definition) is 1. The van der Waals surface area contributed by atoms with Gasteiger partial charge < -0.3 is 10.5 Å². The Labute approximate surface area is 102 Å². The molecule has 2 nitrogen and oxygen atoms in total. The number of hydrogen-bond acceptors (Lipinski definition) is 2. The van der Waals surface area contributed by atoms with Crippen molar-refractivity contribution >= 4 is 10.8 Å². The molecule has 2 heteroatoms. The first-order chi connectivity index (χ1) is 8.22. The Kier molecular flexibility index (Phi) is 3.77. The van der Waals surface area contributed by atoms with Crippen molar-refractivity contribution in [3.05, 3.63) is 48.0 Å². The van der Waals surface area contributed by atoms with Crippen molar-refractivity contribution in [2.24, 2.45) is 5.73 Å². The predicted octanol–water partition coefficient (Wildman–Crippen LogP) is 3.26. The molecule has 2 unspecified atom stereocenters. The van der Waals surface area contributed by atoms with E-state index in [-0.39, 0.29) is 12.1 Å². The van der Waals surface area contributed by atoms with Crippen LogP contribution in [0.1, 0.15) is 25.5 Å². The average Bonchev–Trinajstić information content (AvgIpc) is 2.37. The molecule has 0 aromatic heterocycles. The molecule has 0 aliphatic rings. The van der Waals surface area contributed by atoms with Gasteiger partial charge in [-0.15, -0.1) is 0 Å². The Bertz CT molecular complexity index is 495. The Hall–Kier alpha value is -1.38. The first-order valence-electron chi connectivity index (χ1n) is 6.08. The van der Waals surface area contributed by atoms with E-state index in [1.165, 1.54) is 10.8 Å². The molecule has 0 bridgehead atoms. The highest BCUT2D eigenvalue weighted by molar-refractivity contribution is 5.83. The number of fused-ring (bicyclic) bond motifs is 1. The van der Waals surface area contributed by atoms with Crippen LogP contribution in [0, 0.1) is 0 Å². The molecule has 0 aliphatic carbocycles. The molecule has 2 aromatic carbocycles. The summed E-state index contributed by atoms with van der Waals surface area (Å²) in [7, 11) is 0. The van der Waals surface area contributed by atoms with E-state index < -0.39 is 0 Å². The van der Waals surface area contributed by atoms with Gasteiger partial charge in [0, 0.05) is 6.61 Å². The van der Waals surface area contributed by atoms with Gasteiger partial charge >= 0.3 is 0 Å². The molecule has 17 heavy (non-hydrogen) atoms. The SMILES string of the molecule is CCOC(C)C(N)c1ccc2ccccc2c1. The third-order valence-electron chi connectivity index (χ3n) is 3.09. The van der Waals surface area contributed by atoms with Crippen LogP contribution in [0.3, 0.4) is 0 Å². The first kappa shape index (κ1) is 12.1. The van der Waals surface area contributed by atoms with Crippen LogP contribution in [-0.4, -0.2) is 12.7 Å². The minimum absolute atomic E-state index is 0.0427. The van der Waals surface area contributed by atoms with Crippen molar-refractivity contribution in [1.29, 1.82) is 0 Å². The summed E-state index contributed by atoms with van der Waals surface area (Å²) in [5, 5.41) is 2.47. The van der Waals surface area contributed by atoms with E-state index in [0.717, 1.165) is 5.56 Å². The molecule has 0 heterocycles. The number of nitrogens with two attached hydrogens (primary N) is 1. The highest BCUT2D eigenvalue weighted by Gasteiger charge is 2.14. The third-order valence-corrected chi connectivity index (χ3v) is 3.09. The zero-order valence-electron chi connectivity index (χ0n) is 10.4. The quantitative estimate of drug-likeness (QED) is 0.873. The summed E-state index contributed by atoms with van der Waals surface area (Å²) in [4.78, 5) is 0. The summed E-state index contributed by atoms with van der Waals surface area (Å²) in [5.74, 6) is 0. The number of rotatable bonds is 4. The van der Waals surface area contributed by atoms with Crippen LogP contribution in [-0.2, 0) is 4.74 Å². The Balaban J connectivity index is 2.29. The van der Waals surface area contributed by atoms with Gasteiger partial charge in [0.15, 0.2) is 0 Å². The van der Waals surface area contributed by atoms with E-state index in [1.54, 1.807) is 0 Å². The van der Waals surface area contributed by atoms with E-state index in [9.17, 15) is 0 Å². The van der Waals surface area contributed by atoms with Crippen LogP contribution in [0.15, 0.2) is 42.5 Å².